The Hall–Kier alpha value is -4.46. The first-order chi connectivity index (χ1) is 19.9. The largest absolute Gasteiger partial charge is 0.588 e. The molecule has 42 heavy (non-hydrogen) atoms. The van der Waals surface area contributed by atoms with E-state index in [0.29, 0.717) is 11.3 Å². The number of carbonyl (C=O) groups excluding carboxylic acids is 3. The average Bonchev–Trinajstić information content (AvgIpc) is 2.91. The van der Waals surface area contributed by atoms with Crippen LogP contribution in [0.25, 0.3) is 10.9 Å². The Morgan fingerprint density at radius 2 is 1.90 bits per heavy atom. The zero-order valence-corrected chi connectivity index (χ0v) is 23.6. The van der Waals surface area contributed by atoms with Crippen LogP contribution in [0.4, 0.5) is 15.8 Å². The monoisotopic (exact) mass is 611 g/mol. The molecule has 0 radical (unpaired) electrons. The highest BCUT2D eigenvalue weighted by Gasteiger charge is 2.31. The van der Waals surface area contributed by atoms with Crippen LogP contribution in [0.5, 0.6) is 0 Å². The van der Waals surface area contributed by atoms with Crippen molar-refractivity contribution in [3.05, 3.63) is 93.2 Å². The highest BCUT2D eigenvalue weighted by Crippen LogP contribution is 2.26. The fraction of sp³-hybridized carbons (Fsp3) is 0.179. The zero-order chi connectivity index (χ0) is 30.2. The molecule has 1 fully saturated rings. The number of rotatable bonds is 7. The van der Waals surface area contributed by atoms with Crippen molar-refractivity contribution in [1.82, 2.24) is 14.9 Å². The number of fused-ring (bicyclic) bond motifs is 1. The number of hydrogen-bond donors (Lipinski definition) is 3. The number of amides is 3. The number of hydrogen-bond acceptors (Lipinski definition) is 7. The van der Waals surface area contributed by atoms with Crippen LogP contribution in [0.3, 0.4) is 0 Å². The number of piperidine rings is 1. The Morgan fingerprint density at radius 3 is 2.60 bits per heavy atom. The average molecular weight is 612 g/mol. The van der Waals surface area contributed by atoms with Crippen LogP contribution in [0.15, 0.2) is 70.4 Å². The maximum absolute atomic E-state index is 14.1. The van der Waals surface area contributed by atoms with Gasteiger partial charge in [0.25, 0.3) is 5.56 Å². The van der Waals surface area contributed by atoms with E-state index >= 15 is 0 Å². The van der Waals surface area contributed by atoms with Gasteiger partial charge in [0.15, 0.2) is 16.2 Å². The minimum Gasteiger partial charge on any atom is -0.588 e. The number of nitrogens with one attached hydrogen (secondary N) is 3. The Morgan fingerprint density at radius 1 is 1.17 bits per heavy atom. The molecule has 216 valence electrons. The standard InChI is InChI=1S/C28H23ClFN5O6S/c1-15-31-26-19(28(39)35(15)22-10-12-24(36)33-27(22)38)3-2-4-21(26)32-25(37)13-16-5-8-18(9-6-16)34-42(40,41)23-11-7-17(29)14-20(23)30/h2-9,11,14,22H,10,12-13H2,1H3,(H3-,32,33,34,36,37,38,40,41). The third-order valence-corrected chi connectivity index (χ3v) is 8.31. The normalized spacial score (nSPS) is 16.5. The Bertz CT molecular complexity index is 1860. The van der Waals surface area contributed by atoms with Crippen LogP contribution in [0.1, 0.15) is 30.3 Å². The van der Waals surface area contributed by atoms with Crippen molar-refractivity contribution < 1.29 is 27.5 Å². The number of halogens is 2. The first kappa shape index (κ1) is 29.0. The lowest BCUT2D eigenvalue weighted by molar-refractivity contribution is -0.135. The van der Waals surface area contributed by atoms with E-state index in [-0.39, 0.29) is 46.7 Å². The minimum absolute atomic E-state index is 0.0628. The summed E-state index contributed by atoms with van der Waals surface area (Å²) in [5, 5.41) is 5.24. The summed E-state index contributed by atoms with van der Waals surface area (Å²) < 4.78 is 42.8. The van der Waals surface area contributed by atoms with Gasteiger partial charge in [-0.25, -0.2) is 14.1 Å². The predicted octanol–water partition coefficient (Wildman–Crippen LogP) is 3.67. The van der Waals surface area contributed by atoms with Crippen molar-refractivity contribution in [3.8, 4) is 0 Å². The van der Waals surface area contributed by atoms with E-state index in [2.05, 4.69) is 20.3 Å². The molecule has 0 spiro atoms. The van der Waals surface area contributed by atoms with Gasteiger partial charge in [0.05, 0.1) is 23.2 Å². The molecule has 11 nitrogen and oxygen atoms in total. The fourth-order valence-corrected chi connectivity index (χ4v) is 5.98. The summed E-state index contributed by atoms with van der Waals surface area (Å²) in [4.78, 5) is 54.1. The van der Waals surface area contributed by atoms with Gasteiger partial charge in [-0.15, -0.1) is 0 Å². The second-order valence-electron chi connectivity index (χ2n) is 9.60. The Labute approximate surface area is 244 Å². The van der Waals surface area contributed by atoms with Crippen molar-refractivity contribution in [2.24, 2.45) is 0 Å². The molecule has 3 amide bonds. The molecule has 1 saturated heterocycles. The SMILES string of the molecule is Cc1nc2c(NC(=O)Cc3ccc(N[S+](=O)([O-])c4ccc(Cl)cc4F)cc3)cccc2c(=O)n1C1CCC(=O)NC1=O. The molecule has 2 atom stereocenters. The van der Waals surface area contributed by atoms with E-state index < -0.39 is 50.4 Å². The molecular weight excluding hydrogens is 589 g/mol. The van der Waals surface area contributed by atoms with Crippen LogP contribution in [0.2, 0.25) is 5.02 Å². The summed E-state index contributed by atoms with van der Waals surface area (Å²) in [6.07, 6.45) is 0.193. The molecule has 0 saturated carbocycles. The zero-order valence-electron chi connectivity index (χ0n) is 22.0. The smallest absolute Gasteiger partial charge is 0.262 e. The van der Waals surface area contributed by atoms with Crippen LogP contribution < -0.4 is 20.9 Å². The number of aryl methyl sites for hydroxylation is 1. The summed E-state index contributed by atoms with van der Waals surface area (Å²) in [6, 6.07) is 13.0. The molecule has 14 heteroatoms. The van der Waals surface area contributed by atoms with Gasteiger partial charge in [0.1, 0.15) is 17.4 Å². The number of carbonyl (C=O) groups is 3. The summed E-state index contributed by atoms with van der Waals surface area (Å²) in [5.74, 6) is -2.13. The van der Waals surface area contributed by atoms with E-state index in [4.69, 9.17) is 11.6 Å². The molecule has 0 bridgehead atoms. The van der Waals surface area contributed by atoms with Crippen molar-refractivity contribution in [3.63, 3.8) is 0 Å². The first-order valence-corrected chi connectivity index (χ1v) is 14.5. The first-order valence-electron chi connectivity index (χ1n) is 12.6. The number of para-hydroxylation sites is 1. The van der Waals surface area contributed by atoms with Crippen LogP contribution in [-0.4, -0.2) is 31.8 Å². The second-order valence-corrected chi connectivity index (χ2v) is 11.7. The topological polar surface area (TPSA) is 162 Å². The quantitative estimate of drug-likeness (QED) is 0.212. The molecule has 1 aromatic heterocycles. The van der Waals surface area contributed by atoms with E-state index in [1.165, 1.54) is 28.8 Å². The molecule has 4 aromatic rings. The van der Waals surface area contributed by atoms with Crippen LogP contribution in [-0.2, 0) is 35.4 Å². The molecule has 1 aliphatic heterocycles. The lowest BCUT2D eigenvalue weighted by Crippen LogP contribution is -2.45. The van der Waals surface area contributed by atoms with Gasteiger partial charge in [-0.2, -0.15) is 0 Å². The molecule has 1 aliphatic rings. The molecule has 3 aromatic carbocycles. The van der Waals surface area contributed by atoms with E-state index in [0.717, 1.165) is 12.1 Å². The molecule has 0 aliphatic carbocycles. The Kier molecular flexibility index (Phi) is 7.91. The van der Waals surface area contributed by atoms with Gasteiger partial charge in [-0.05, 0) is 61.4 Å². The third-order valence-electron chi connectivity index (χ3n) is 6.66. The number of nitrogens with zero attached hydrogens (tertiary/aromatic N) is 2. The van der Waals surface area contributed by atoms with Gasteiger partial charge >= 0.3 is 0 Å². The predicted molar refractivity (Wildman–Crippen MR) is 153 cm³/mol. The number of anilines is 2. The van der Waals surface area contributed by atoms with Gasteiger partial charge in [0, 0.05) is 11.4 Å². The van der Waals surface area contributed by atoms with Gasteiger partial charge in [-0.1, -0.05) is 34.0 Å². The summed E-state index contributed by atoms with van der Waals surface area (Å²) in [6.45, 7) is 1.57. The number of benzene rings is 3. The minimum atomic E-state index is -4.22. The Balaban J connectivity index is 1.31. The summed E-state index contributed by atoms with van der Waals surface area (Å²) >= 11 is 5.70. The number of aromatic nitrogens is 2. The van der Waals surface area contributed by atoms with Crippen LogP contribution in [0, 0.1) is 12.7 Å². The summed E-state index contributed by atoms with van der Waals surface area (Å²) in [5.41, 5.74) is 0.783. The maximum atomic E-state index is 14.1. The molecular formula is C28H23ClFN5O6S. The maximum Gasteiger partial charge on any atom is 0.262 e. The lowest BCUT2D eigenvalue weighted by atomic mass is 10.1. The van der Waals surface area contributed by atoms with Crippen LogP contribution >= 0.6 is 11.6 Å². The van der Waals surface area contributed by atoms with Gasteiger partial charge < -0.3 is 9.87 Å². The second kappa shape index (κ2) is 11.4. The van der Waals surface area contributed by atoms with E-state index in [1.807, 2.05) is 0 Å². The van der Waals surface area contributed by atoms with E-state index in [1.54, 1.807) is 31.2 Å². The molecule has 2 unspecified atom stereocenters. The van der Waals surface area contributed by atoms with E-state index in [9.17, 15) is 32.3 Å². The number of sulfonamides is 1. The van der Waals surface area contributed by atoms with Gasteiger partial charge in [0.2, 0.25) is 22.6 Å². The third kappa shape index (κ3) is 5.93. The lowest BCUT2D eigenvalue weighted by Gasteiger charge is -2.24. The molecule has 3 N–H and O–H groups in total. The highest BCUT2D eigenvalue weighted by molar-refractivity contribution is 7.99. The molecule has 5 rings (SSSR count). The van der Waals surface area contributed by atoms with Crippen molar-refractivity contribution >= 4 is 62.0 Å². The fourth-order valence-electron chi connectivity index (χ4n) is 4.70. The van der Waals surface area contributed by atoms with Gasteiger partial charge in [-0.3, -0.25) is 29.1 Å². The highest BCUT2D eigenvalue weighted by atomic mass is 35.5. The van der Waals surface area contributed by atoms with Crippen molar-refractivity contribution in [2.75, 3.05) is 10.0 Å². The van der Waals surface area contributed by atoms with Crippen molar-refractivity contribution in [1.29, 1.82) is 0 Å². The number of imide groups is 1. The summed E-state index contributed by atoms with van der Waals surface area (Å²) in [7, 11) is -4.22. The van der Waals surface area contributed by atoms with Crippen molar-refractivity contribution in [2.45, 2.75) is 37.1 Å². The molecule has 2 heterocycles.